The van der Waals surface area contributed by atoms with E-state index in [1.807, 2.05) is 49.8 Å². The normalized spacial score (nSPS) is 15.0. The van der Waals surface area contributed by atoms with E-state index < -0.39 is 5.72 Å². The molecule has 5 heteroatoms. The molecule has 1 atom stereocenters. The van der Waals surface area contributed by atoms with Gasteiger partial charge in [0.05, 0.1) is 5.70 Å². The first-order chi connectivity index (χ1) is 9.70. The summed E-state index contributed by atoms with van der Waals surface area (Å²) in [4.78, 5) is 13.9. The lowest BCUT2D eigenvalue weighted by Crippen LogP contribution is -2.53. The van der Waals surface area contributed by atoms with E-state index in [0.29, 0.717) is 12.2 Å². The first kappa shape index (κ1) is 19.4. The first-order valence-electron chi connectivity index (χ1n) is 6.96. The number of allylic oxidation sites excluding steroid dienone is 1. The molecule has 0 heterocycles. The first-order valence-corrected chi connectivity index (χ1v) is 6.96. The van der Waals surface area contributed by atoms with Crippen molar-refractivity contribution < 1.29 is 9.53 Å². The molecule has 0 N–H and O–H groups in total. The highest BCUT2D eigenvalue weighted by atomic mass is 16.5. The zero-order valence-corrected chi connectivity index (χ0v) is 14.4. The van der Waals surface area contributed by atoms with Crippen molar-refractivity contribution in [2.75, 3.05) is 27.7 Å². The van der Waals surface area contributed by atoms with Crippen LogP contribution in [0.3, 0.4) is 0 Å². The minimum Gasteiger partial charge on any atom is -0.358 e. The molecule has 0 fully saturated rings. The van der Waals surface area contributed by atoms with Crippen molar-refractivity contribution in [1.29, 1.82) is 0 Å². The lowest BCUT2D eigenvalue weighted by Gasteiger charge is -2.44. The van der Waals surface area contributed by atoms with Crippen molar-refractivity contribution in [2.24, 2.45) is 0 Å². The standard InChI is InChI=1S/C16H29N3O2/c1-10-17(7)18(8)16(6,21-9)13(4)15(14(5)20)19(11-2)12-3/h10-11H,1-2,12H2,3-9H3/b15-13-. The SMILES string of the molecule is C=CN(CC)/C(C(C)=O)=C(/C)C(C)(OC)N(C)N(C)C=C. The van der Waals surface area contributed by atoms with E-state index >= 15 is 0 Å². The van der Waals surface area contributed by atoms with Crippen molar-refractivity contribution in [3.05, 3.63) is 36.8 Å². The van der Waals surface area contributed by atoms with Crippen LogP contribution in [-0.2, 0) is 9.53 Å². The number of nitrogens with zero attached hydrogens (tertiary/aromatic N) is 3. The molecule has 0 aromatic rings. The lowest BCUT2D eigenvalue weighted by molar-refractivity contribution is -0.158. The molecule has 0 saturated carbocycles. The van der Waals surface area contributed by atoms with Gasteiger partial charge in [0.2, 0.25) is 0 Å². The van der Waals surface area contributed by atoms with Gasteiger partial charge in [-0.3, -0.25) is 4.79 Å². The molecule has 0 aliphatic carbocycles. The maximum atomic E-state index is 12.1. The Morgan fingerprint density at radius 1 is 1.24 bits per heavy atom. The van der Waals surface area contributed by atoms with Gasteiger partial charge in [-0.1, -0.05) is 13.2 Å². The molecule has 0 bridgehead atoms. The van der Waals surface area contributed by atoms with Gasteiger partial charge in [0.1, 0.15) is 0 Å². The molecule has 0 aromatic carbocycles. The second kappa shape index (κ2) is 8.00. The van der Waals surface area contributed by atoms with E-state index in [1.165, 1.54) is 0 Å². The predicted molar refractivity (Wildman–Crippen MR) is 87.1 cm³/mol. The largest absolute Gasteiger partial charge is 0.358 e. The molecule has 0 aliphatic rings. The van der Waals surface area contributed by atoms with Crippen molar-refractivity contribution in [1.82, 2.24) is 14.9 Å². The Balaban J connectivity index is 6.09. The van der Waals surface area contributed by atoms with Gasteiger partial charge in [-0.15, -0.1) is 0 Å². The van der Waals surface area contributed by atoms with Crippen LogP contribution in [0.2, 0.25) is 0 Å². The summed E-state index contributed by atoms with van der Waals surface area (Å²) in [5.74, 6) is -0.0211. The van der Waals surface area contributed by atoms with Crippen molar-refractivity contribution in [3.63, 3.8) is 0 Å². The summed E-state index contributed by atoms with van der Waals surface area (Å²) in [5.41, 5.74) is 0.636. The third-order valence-corrected chi connectivity index (χ3v) is 3.99. The van der Waals surface area contributed by atoms with Gasteiger partial charge >= 0.3 is 0 Å². The topological polar surface area (TPSA) is 36.0 Å². The van der Waals surface area contributed by atoms with E-state index in [0.717, 1.165) is 5.57 Å². The average Bonchev–Trinajstić information content (AvgIpc) is 2.48. The van der Waals surface area contributed by atoms with Gasteiger partial charge in [-0.05, 0) is 27.0 Å². The Bertz CT molecular complexity index is 431. The number of hydrogen-bond acceptors (Lipinski definition) is 5. The van der Waals surface area contributed by atoms with Gasteiger partial charge < -0.3 is 14.6 Å². The molecule has 0 radical (unpaired) electrons. The fourth-order valence-corrected chi connectivity index (χ4v) is 2.23. The van der Waals surface area contributed by atoms with Crippen molar-refractivity contribution in [3.8, 4) is 0 Å². The monoisotopic (exact) mass is 295 g/mol. The molecule has 0 spiro atoms. The summed E-state index contributed by atoms with van der Waals surface area (Å²) < 4.78 is 5.72. The Morgan fingerprint density at radius 2 is 1.76 bits per heavy atom. The Kier molecular flexibility index (Phi) is 7.39. The van der Waals surface area contributed by atoms with Crippen LogP contribution in [0.5, 0.6) is 0 Å². The van der Waals surface area contributed by atoms with E-state index in [1.54, 1.807) is 26.4 Å². The zero-order chi connectivity index (χ0) is 16.8. The van der Waals surface area contributed by atoms with Crippen LogP contribution < -0.4 is 0 Å². The minimum atomic E-state index is -0.777. The number of ether oxygens (including phenoxy) is 1. The molecular formula is C16H29N3O2. The lowest BCUT2D eigenvalue weighted by atomic mass is 10.0. The molecule has 5 nitrogen and oxygen atoms in total. The summed E-state index contributed by atoms with van der Waals surface area (Å²) >= 11 is 0. The maximum absolute atomic E-state index is 12.1. The number of hydrogen-bond donors (Lipinski definition) is 0. The fraction of sp³-hybridized carbons (Fsp3) is 0.562. The Hall–Kier alpha value is -1.59. The number of rotatable bonds is 9. The van der Waals surface area contributed by atoms with Crippen LogP contribution >= 0.6 is 0 Å². The summed E-state index contributed by atoms with van der Waals surface area (Å²) in [7, 11) is 5.38. The number of likely N-dealkylation sites (N-methyl/N-ethyl adjacent to an activating group) is 2. The number of carbonyl (C=O) groups is 1. The van der Waals surface area contributed by atoms with Crippen LogP contribution in [0.25, 0.3) is 0 Å². The zero-order valence-electron chi connectivity index (χ0n) is 14.4. The number of ketones is 1. The highest BCUT2D eigenvalue weighted by Crippen LogP contribution is 2.29. The van der Waals surface area contributed by atoms with Crippen LogP contribution in [0.4, 0.5) is 0 Å². The highest BCUT2D eigenvalue weighted by Gasteiger charge is 2.36. The predicted octanol–water partition coefficient (Wildman–Crippen LogP) is 2.60. The van der Waals surface area contributed by atoms with Crippen LogP contribution in [0.1, 0.15) is 27.7 Å². The molecule has 1 unspecified atom stereocenters. The van der Waals surface area contributed by atoms with E-state index in [2.05, 4.69) is 13.2 Å². The number of methoxy groups -OCH3 is 1. The number of Topliss-reactive ketones (excluding diaryl/α,β-unsaturated/α-hetero) is 1. The second-order valence-electron chi connectivity index (χ2n) is 4.97. The summed E-state index contributed by atoms with van der Waals surface area (Å²) in [5, 5.41) is 3.70. The van der Waals surface area contributed by atoms with Crippen LogP contribution in [0.15, 0.2) is 36.8 Å². The summed E-state index contributed by atoms with van der Waals surface area (Å²) in [6, 6.07) is 0. The third-order valence-electron chi connectivity index (χ3n) is 3.99. The molecule has 0 rings (SSSR count). The smallest absolute Gasteiger partial charge is 0.176 e. The minimum absolute atomic E-state index is 0.0211. The van der Waals surface area contributed by atoms with Crippen molar-refractivity contribution >= 4 is 5.78 Å². The average molecular weight is 295 g/mol. The number of hydrazine groups is 1. The Morgan fingerprint density at radius 3 is 2.05 bits per heavy atom. The highest BCUT2D eigenvalue weighted by molar-refractivity contribution is 5.93. The molecule has 21 heavy (non-hydrogen) atoms. The molecular weight excluding hydrogens is 266 g/mol. The molecule has 0 saturated heterocycles. The van der Waals surface area contributed by atoms with Gasteiger partial charge in [0.25, 0.3) is 0 Å². The van der Waals surface area contributed by atoms with E-state index in [4.69, 9.17) is 4.74 Å². The third kappa shape index (κ3) is 3.95. The van der Waals surface area contributed by atoms with Gasteiger partial charge in [-0.25, -0.2) is 0 Å². The van der Waals surface area contributed by atoms with Crippen molar-refractivity contribution in [2.45, 2.75) is 33.4 Å². The van der Waals surface area contributed by atoms with E-state index in [-0.39, 0.29) is 5.78 Å². The molecule has 0 aliphatic heterocycles. The van der Waals surface area contributed by atoms with Gasteiger partial charge in [0, 0.05) is 46.4 Å². The quantitative estimate of drug-likeness (QED) is 0.371. The summed E-state index contributed by atoms with van der Waals surface area (Å²) in [6.45, 7) is 15.5. The van der Waals surface area contributed by atoms with Crippen LogP contribution in [-0.4, -0.2) is 54.2 Å². The fourth-order valence-electron chi connectivity index (χ4n) is 2.23. The van der Waals surface area contributed by atoms with Gasteiger partial charge in [0.15, 0.2) is 11.5 Å². The number of carbonyl (C=O) groups excluding carboxylic acids is 1. The molecule has 0 amide bonds. The maximum Gasteiger partial charge on any atom is 0.176 e. The van der Waals surface area contributed by atoms with Gasteiger partial charge in [-0.2, -0.15) is 5.01 Å². The van der Waals surface area contributed by atoms with E-state index in [9.17, 15) is 4.79 Å². The summed E-state index contributed by atoms with van der Waals surface area (Å²) in [6.07, 6.45) is 3.34. The second-order valence-corrected chi connectivity index (χ2v) is 4.97. The Labute approximate surface area is 129 Å². The molecule has 0 aromatic heterocycles. The molecule has 120 valence electrons. The van der Waals surface area contributed by atoms with Crippen LogP contribution in [0, 0.1) is 0 Å².